The Bertz CT molecular complexity index is 766. The van der Waals surface area contributed by atoms with Crippen LogP contribution in [0.5, 0.6) is 0 Å². The van der Waals surface area contributed by atoms with Gasteiger partial charge < -0.3 is 0 Å². The topological polar surface area (TPSA) is 32.3 Å². The van der Waals surface area contributed by atoms with E-state index in [9.17, 15) is 5.11 Å². The molecule has 0 bridgehead atoms. The van der Waals surface area contributed by atoms with Gasteiger partial charge >= 0.3 is 137 Å². The van der Waals surface area contributed by atoms with E-state index in [4.69, 9.17) is 18.6 Å². The van der Waals surface area contributed by atoms with Crippen LogP contribution in [0.15, 0.2) is 30.3 Å². The molecule has 2 rings (SSSR count). The molecule has 1 aliphatic rings. The van der Waals surface area contributed by atoms with Gasteiger partial charge in [0.2, 0.25) is 0 Å². The molecule has 1 aliphatic carbocycles. The van der Waals surface area contributed by atoms with E-state index < -0.39 is 10.4 Å². The molecule has 0 radical (unpaired) electrons. The molecule has 1 aromatic carbocycles. The second kappa shape index (κ2) is 4.17. The summed E-state index contributed by atoms with van der Waals surface area (Å²) in [5.74, 6) is 0. The number of nitrogens with one attached hydrogen (secondary N) is 1. The van der Waals surface area contributed by atoms with Gasteiger partial charge in [-0.3, -0.25) is 0 Å². The summed E-state index contributed by atoms with van der Waals surface area (Å²) in [6.45, 7) is 5.96. The number of rotatable bonds is 4. The van der Waals surface area contributed by atoms with E-state index in [0.29, 0.717) is 0 Å². The molecular formula is C17H27Cl2NOTi. The summed E-state index contributed by atoms with van der Waals surface area (Å²) < 4.78 is 3.52. The third-order valence-corrected chi connectivity index (χ3v) is 19.2. The zero-order valence-electron chi connectivity index (χ0n) is 13.9. The van der Waals surface area contributed by atoms with E-state index >= 15 is 0 Å². The first-order chi connectivity index (χ1) is 9.62. The van der Waals surface area contributed by atoms with Gasteiger partial charge in [-0.15, -0.1) is 0 Å². The van der Waals surface area contributed by atoms with Gasteiger partial charge in [-0.2, -0.15) is 0 Å². The summed E-state index contributed by atoms with van der Waals surface area (Å²) in [5, 5.41) is 11.6. The minimum absolute atomic E-state index is 0.113. The molecule has 5 heteroatoms. The molecule has 0 saturated heterocycles. The van der Waals surface area contributed by atoms with Crippen molar-refractivity contribution in [3.63, 3.8) is 0 Å². The molecule has 0 amide bonds. The molecule has 0 saturated carbocycles. The summed E-state index contributed by atoms with van der Waals surface area (Å²) in [4.78, 5) is 4.51. The third-order valence-electron chi connectivity index (χ3n) is 4.78. The van der Waals surface area contributed by atoms with Crippen LogP contribution < -0.4 is 3.80 Å². The summed E-state index contributed by atoms with van der Waals surface area (Å²) in [7, 11) is 9.27. The first-order valence-corrected chi connectivity index (χ1v) is 17.5. The summed E-state index contributed by atoms with van der Waals surface area (Å²) >= 11 is 0. The number of fused-ring (bicyclic) bond motifs is 1. The van der Waals surface area contributed by atoms with Crippen molar-refractivity contribution in [3.05, 3.63) is 41.5 Å². The predicted octanol–water partition coefficient (Wildman–Crippen LogP) is 5.02. The van der Waals surface area contributed by atoms with Gasteiger partial charge in [0.15, 0.2) is 0 Å². The molecule has 1 aromatic rings. The average Bonchev–Trinajstić information content (AvgIpc) is 2.69. The van der Waals surface area contributed by atoms with Gasteiger partial charge in [0, 0.05) is 0 Å². The van der Waals surface area contributed by atoms with Crippen LogP contribution in [0.4, 0.5) is 0 Å². The number of allylic oxidation sites excluding steroid dienone is 1. The molecular weight excluding hydrogens is 353 g/mol. The van der Waals surface area contributed by atoms with Gasteiger partial charge in [-0.05, 0) is 0 Å². The number of benzene rings is 1. The van der Waals surface area contributed by atoms with Crippen molar-refractivity contribution >= 4 is 29.5 Å². The van der Waals surface area contributed by atoms with Gasteiger partial charge in [-0.25, -0.2) is 0 Å². The van der Waals surface area contributed by atoms with Crippen LogP contribution in [0.25, 0.3) is 6.08 Å². The van der Waals surface area contributed by atoms with Crippen LogP contribution in [-0.4, -0.2) is 22.1 Å². The Balaban J connectivity index is 2.80. The second-order valence-corrected chi connectivity index (χ2v) is 36.3. The van der Waals surface area contributed by atoms with Gasteiger partial charge in [0.1, 0.15) is 0 Å². The van der Waals surface area contributed by atoms with Crippen LogP contribution >= 0.6 is 18.6 Å². The summed E-state index contributed by atoms with van der Waals surface area (Å²) in [6.07, 6.45) is 4.09. The van der Waals surface area contributed by atoms with Crippen molar-refractivity contribution in [1.29, 1.82) is 0 Å². The molecule has 0 spiro atoms. The quantitative estimate of drug-likeness (QED) is 0.720. The van der Waals surface area contributed by atoms with Crippen LogP contribution in [0.2, 0.25) is 9.95 Å². The van der Waals surface area contributed by atoms with Gasteiger partial charge in [0.05, 0.1) is 0 Å². The van der Waals surface area contributed by atoms with Crippen LogP contribution in [0, 0.1) is 0 Å². The Hall–Kier alpha value is 0.0443. The van der Waals surface area contributed by atoms with E-state index in [0.717, 1.165) is 11.1 Å². The number of aliphatic hydroxyl groups is 1. The molecule has 2 N–H and O–H groups in total. The van der Waals surface area contributed by atoms with Gasteiger partial charge in [0.25, 0.3) is 0 Å². The zero-order valence-corrected chi connectivity index (χ0v) is 16.9. The van der Waals surface area contributed by atoms with Crippen LogP contribution in [0.1, 0.15) is 36.1 Å². The number of halogens is 2. The van der Waals surface area contributed by atoms with E-state index in [1.807, 2.05) is 62.4 Å². The fourth-order valence-corrected chi connectivity index (χ4v) is 18.9. The third kappa shape index (κ3) is 3.15. The Morgan fingerprint density at radius 3 is 2.41 bits per heavy atom. The van der Waals surface area contributed by atoms with Crippen molar-refractivity contribution in [1.82, 2.24) is 3.80 Å². The second-order valence-electron chi connectivity index (χ2n) is 9.11. The summed E-state index contributed by atoms with van der Waals surface area (Å²) in [5.41, 5.74) is 1.85. The van der Waals surface area contributed by atoms with Crippen molar-refractivity contribution in [3.8, 4) is 0 Å². The number of hydrogen-bond donors (Lipinski definition) is 2. The Morgan fingerprint density at radius 1 is 1.27 bits per heavy atom. The zero-order chi connectivity index (χ0) is 17.0. The minimum atomic E-state index is -5.60. The molecule has 124 valence electrons. The maximum absolute atomic E-state index is 9.77. The monoisotopic (exact) mass is 379 g/mol. The normalized spacial score (nSPS) is 23.2. The molecule has 22 heavy (non-hydrogen) atoms. The summed E-state index contributed by atoms with van der Waals surface area (Å²) in [6, 6.07) is 8.08. The fourth-order valence-electron chi connectivity index (χ4n) is 4.27. The fraction of sp³-hybridized carbons (Fsp3) is 0.471. The van der Waals surface area contributed by atoms with Crippen molar-refractivity contribution in [2.75, 3.05) is 6.61 Å². The molecule has 2 nitrogen and oxygen atoms in total. The van der Waals surface area contributed by atoms with Crippen LogP contribution in [0.3, 0.4) is 0 Å². The Kier molecular flexibility index (Phi) is 3.48. The number of aliphatic hydroxyl groups excluding tert-OH is 1. The number of hydrogen-bond acceptors (Lipinski definition) is 2. The molecule has 1 unspecified atom stereocenters. The molecule has 0 heterocycles. The van der Waals surface area contributed by atoms with E-state index in [1.54, 1.807) is 0 Å². The van der Waals surface area contributed by atoms with Crippen molar-refractivity contribution < 1.29 is 15.5 Å². The average molecular weight is 380 g/mol. The SMILES string of the molecule is [CH2]=[Ti]([CH3])([Cl])([Cl])([CH2]CO)([NH]C(C)(C)C)[CH]1C=Cc2ccccc21. The molecule has 0 fully saturated rings. The predicted molar refractivity (Wildman–Crippen MR) is 97.7 cm³/mol. The van der Waals surface area contributed by atoms with Crippen molar-refractivity contribution in [2.45, 2.75) is 40.5 Å². The van der Waals surface area contributed by atoms with Gasteiger partial charge in [-0.1, -0.05) is 0 Å². The van der Waals surface area contributed by atoms with Crippen molar-refractivity contribution in [2.24, 2.45) is 0 Å². The van der Waals surface area contributed by atoms with Crippen LogP contribution in [-0.2, 0) is 10.4 Å². The van der Waals surface area contributed by atoms with E-state index in [-0.39, 0.29) is 21.1 Å². The standard InChI is InChI=1S/C9H7.C4H10N.C2H5O.CH3.CH2.2ClH.Ti/c1-2-5-9-7-3-6-8(9)4-1;1-4(2,3)5;1-2-3;;;;;/h1-7H;5H,1-3H3;3H,1-2H2;1H3;1H2;2*1H;/q;-1;;;;;;+3/p-2. The van der Waals surface area contributed by atoms with E-state index in [2.05, 4.69) is 8.62 Å². The Labute approximate surface area is 137 Å². The van der Waals surface area contributed by atoms with E-state index in [1.165, 1.54) is 0 Å². The first kappa shape index (κ1) is 18.4. The first-order valence-electron chi connectivity index (χ1n) is 7.76. The maximum atomic E-state index is 9.77. The molecule has 0 aromatic heterocycles. The molecule has 0 aliphatic heterocycles. The molecule has 1 atom stereocenters. The Morgan fingerprint density at radius 2 is 1.86 bits per heavy atom.